The normalized spacial score (nSPS) is 19.4. The Morgan fingerprint density at radius 3 is 2.40 bits per heavy atom. The van der Waals surface area contributed by atoms with Gasteiger partial charge in [0, 0.05) is 19.0 Å². The summed E-state index contributed by atoms with van der Waals surface area (Å²) >= 11 is 7.01. The maximum Gasteiger partial charge on any atom is 0.252 e. The van der Waals surface area contributed by atoms with Gasteiger partial charge in [-0.1, -0.05) is 20.8 Å². The van der Waals surface area contributed by atoms with Crippen LogP contribution in [0.2, 0.25) is 0 Å². The van der Waals surface area contributed by atoms with Crippen LogP contribution in [0.3, 0.4) is 0 Å². The van der Waals surface area contributed by atoms with Gasteiger partial charge in [-0.25, -0.2) is 8.42 Å². The molecule has 1 aliphatic rings. The molecule has 3 nitrogen and oxygen atoms in total. The second-order valence-electron chi connectivity index (χ2n) is 6.45. The number of alkyl halides is 1. The molecule has 0 amide bonds. The smallest absolute Gasteiger partial charge is 0.206 e. The predicted octanol–water partition coefficient (Wildman–Crippen LogP) is 3.93. The van der Waals surface area contributed by atoms with Crippen LogP contribution in [-0.2, 0) is 15.9 Å². The van der Waals surface area contributed by atoms with Crippen LogP contribution in [0.15, 0.2) is 15.7 Å². The van der Waals surface area contributed by atoms with Crippen molar-refractivity contribution >= 4 is 33.0 Å². The van der Waals surface area contributed by atoms with Crippen LogP contribution in [0.1, 0.15) is 39.2 Å². The van der Waals surface area contributed by atoms with Crippen molar-refractivity contribution in [3.05, 3.63) is 17.0 Å². The molecule has 2 heterocycles. The first kappa shape index (κ1) is 16.3. The van der Waals surface area contributed by atoms with Gasteiger partial charge in [0.1, 0.15) is 4.21 Å². The van der Waals surface area contributed by atoms with E-state index in [0.717, 1.165) is 18.4 Å². The van der Waals surface area contributed by atoms with Gasteiger partial charge in [0.05, 0.1) is 0 Å². The van der Waals surface area contributed by atoms with Crippen molar-refractivity contribution < 1.29 is 8.42 Å². The van der Waals surface area contributed by atoms with E-state index < -0.39 is 10.0 Å². The third-order valence-corrected chi connectivity index (χ3v) is 7.73. The highest BCUT2D eigenvalue weighted by Crippen LogP contribution is 2.36. The topological polar surface area (TPSA) is 37.4 Å². The van der Waals surface area contributed by atoms with Crippen molar-refractivity contribution in [2.75, 3.05) is 13.1 Å². The first-order chi connectivity index (χ1) is 9.25. The van der Waals surface area contributed by atoms with E-state index in [2.05, 4.69) is 20.8 Å². The van der Waals surface area contributed by atoms with Crippen LogP contribution in [0, 0.1) is 11.3 Å². The van der Waals surface area contributed by atoms with E-state index in [4.69, 9.17) is 11.6 Å². The molecular formula is C14H22ClNO2S2. The molecule has 0 aliphatic carbocycles. The Labute approximate surface area is 131 Å². The van der Waals surface area contributed by atoms with Gasteiger partial charge < -0.3 is 0 Å². The van der Waals surface area contributed by atoms with Gasteiger partial charge in [-0.3, -0.25) is 0 Å². The van der Waals surface area contributed by atoms with Crippen molar-refractivity contribution in [2.45, 2.75) is 43.7 Å². The summed E-state index contributed by atoms with van der Waals surface area (Å²) in [4.78, 5) is 0. The molecule has 1 aliphatic heterocycles. The molecule has 0 N–H and O–H groups in total. The minimum absolute atomic E-state index is 0.255. The zero-order valence-electron chi connectivity index (χ0n) is 12.2. The molecule has 6 heteroatoms. The lowest BCUT2D eigenvalue weighted by Crippen LogP contribution is -2.41. The molecule has 1 fully saturated rings. The number of thiophene rings is 1. The van der Waals surface area contributed by atoms with Crippen molar-refractivity contribution in [3.63, 3.8) is 0 Å². The monoisotopic (exact) mass is 335 g/mol. The molecule has 114 valence electrons. The summed E-state index contributed by atoms with van der Waals surface area (Å²) in [7, 11) is -3.33. The summed E-state index contributed by atoms with van der Waals surface area (Å²) < 4.78 is 27.2. The molecule has 0 aromatic carbocycles. The van der Waals surface area contributed by atoms with E-state index in [-0.39, 0.29) is 5.41 Å². The average Bonchev–Trinajstić information content (AvgIpc) is 2.87. The molecule has 1 aromatic heterocycles. The van der Waals surface area contributed by atoms with Crippen molar-refractivity contribution in [2.24, 2.45) is 11.3 Å². The van der Waals surface area contributed by atoms with Crippen molar-refractivity contribution in [1.29, 1.82) is 0 Å². The minimum atomic E-state index is -3.33. The molecule has 1 saturated heterocycles. The summed E-state index contributed by atoms with van der Waals surface area (Å²) in [5.41, 5.74) is 1.13. The van der Waals surface area contributed by atoms with Crippen molar-refractivity contribution in [3.8, 4) is 0 Å². The van der Waals surface area contributed by atoms with E-state index in [9.17, 15) is 8.42 Å². The third kappa shape index (κ3) is 3.38. The van der Waals surface area contributed by atoms with E-state index in [1.807, 2.05) is 5.38 Å². The van der Waals surface area contributed by atoms with E-state index >= 15 is 0 Å². The van der Waals surface area contributed by atoms with Crippen LogP contribution < -0.4 is 0 Å². The zero-order chi connectivity index (χ0) is 15.0. The van der Waals surface area contributed by atoms with E-state index in [1.165, 1.54) is 11.3 Å². The van der Waals surface area contributed by atoms with Crippen molar-refractivity contribution in [1.82, 2.24) is 4.31 Å². The lowest BCUT2D eigenvalue weighted by molar-refractivity contribution is 0.154. The standard InChI is InChI=1S/C14H22ClNO2S2/c1-14(2,3)12-4-6-16(7-5-12)20(17,18)13-8-11(9-15)10-19-13/h8,10,12H,4-7,9H2,1-3H3. The number of sulfonamides is 1. The fourth-order valence-corrected chi connectivity index (χ4v) is 5.73. The molecule has 0 saturated carbocycles. The minimum Gasteiger partial charge on any atom is -0.206 e. The molecule has 1 aromatic rings. The van der Waals surface area contributed by atoms with Gasteiger partial charge >= 0.3 is 0 Å². The Bertz CT molecular complexity index is 552. The number of hydrogen-bond acceptors (Lipinski definition) is 3. The Morgan fingerprint density at radius 2 is 1.95 bits per heavy atom. The van der Waals surface area contributed by atoms with Gasteiger partial charge in [-0.15, -0.1) is 22.9 Å². The molecule has 20 heavy (non-hydrogen) atoms. The van der Waals surface area contributed by atoms with E-state index in [0.29, 0.717) is 29.1 Å². The quantitative estimate of drug-likeness (QED) is 0.785. The lowest BCUT2D eigenvalue weighted by Gasteiger charge is -2.38. The molecule has 0 atom stereocenters. The summed E-state index contributed by atoms with van der Waals surface area (Å²) in [6.07, 6.45) is 1.88. The van der Waals surface area contributed by atoms with Crippen LogP contribution in [0.5, 0.6) is 0 Å². The van der Waals surface area contributed by atoms with Gasteiger partial charge in [0.25, 0.3) is 10.0 Å². The highest BCUT2D eigenvalue weighted by atomic mass is 35.5. The van der Waals surface area contributed by atoms with Gasteiger partial charge in [0.2, 0.25) is 0 Å². The van der Waals surface area contributed by atoms with Crippen LogP contribution in [0.4, 0.5) is 0 Å². The molecule has 0 radical (unpaired) electrons. The fraction of sp³-hybridized carbons (Fsp3) is 0.714. The SMILES string of the molecule is CC(C)(C)C1CCN(S(=O)(=O)c2cc(CCl)cs2)CC1. The Balaban J connectivity index is 2.09. The highest BCUT2D eigenvalue weighted by molar-refractivity contribution is 7.91. The molecule has 0 unspecified atom stereocenters. The third-order valence-electron chi connectivity index (χ3n) is 4.06. The largest absolute Gasteiger partial charge is 0.252 e. The average molecular weight is 336 g/mol. The summed E-state index contributed by atoms with van der Waals surface area (Å²) in [6, 6.07) is 1.70. The summed E-state index contributed by atoms with van der Waals surface area (Å²) in [5, 5.41) is 1.82. The van der Waals surface area contributed by atoms with Gasteiger partial charge in [-0.2, -0.15) is 4.31 Å². The fourth-order valence-electron chi connectivity index (χ4n) is 2.65. The number of piperidine rings is 1. The summed E-state index contributed by atoms with van der Waals surface area (Å²) in [5.74, 6) is 0.952. The first-order valence-corrected chi connectivity index (χ1v) is 9.74. The van der Waals surface area contributed by atoms with Gasteiger partial charge in [-0.05, 0) is 41.2 Å². The molecule has 0 spiro atoms. The Kier molecular flexibility index (Phi) is 4.84. The number of hydrogen-bond donors (Lipinski definition) is 0. The van der Waals surface area contributed by atoms with Crippen LogP contribution in [0.25, 0.3) is 0 Å². The second kappa shape index (κ2) is 5.95. The second-order valence-corrected chi connectivity index (χ2v) is 9.80. The molecule has 0 bridgehead atoms. The number of nitrogens with zero attached hydrogens (tertiary/aromatic N) is 1. The maximum atomic E-state index is 12.6. The highest BCUT2D eigenvalue weighted by Gasteiger charge is 2.34. The lowest BCUT2D eigenvalue weighted by atomic mass is 9.76. The van der Waals surface area contributed by atoms with Crippen LogP contribution >= 0.6 is 22.9 Å². The number of halogens is 1. The molecular weight excluding hydrogens is 314 g/mol. The maximum absolute atomic E-state index is 12.6. The summed E-state index contributed by atoms with van der Waals surface area (Å²) in [6.45, 7) is 7.94. The molecule has 2 rings (SSSR count). The van der Waals surface area contributed by atoms with Crippen LogP contribution in [-0.4, -0.2) is 25.8 Å². The first-order valence-electron chi connectivity index (χ1n) is 6.88. The Morgan fingerprint density at radius 1 is 1.35 bits per heavy atom. The zero-order valence-corrected chi connectivity index (χ0v) is 14.6. The Hall–Kier alpha value is -0.100. The predicted molar refractivity (Wildman–Crippen MR) is 84.8 cm³/mol. The van der Waals surface area contributed by atoms with E-state index in [1.54, 1.807) is 10.4 Å². The van der Waals surface area contributed by atoms with Gasteiger partial charge in [0.15, 0.2) is 0 Å². The number of rotatable bonds is 3.